The van der Waals surface area contributed by atoms with Crippen molar-refractivity contribution in [3.63, 3.8) is 0 Å². The SMILES string of the molecule is Brc1csc2c1CC1CNCC21. The predicted molar refractivity (Wildman–Crippen MR) is 54.8 cm³/mol. The fraction of sp³-hybridized carbons (Fsp3) is 0.556. The molecule has 1 aromatic heterocycles. The summed E-state index contributed by atoms with van der Waals surface area (Å²) in [7, 11) is 0. The third-order valence-corrected chi connectivity index (χ3v) is 5.19. The van der Waals surface area contributed by atoms with Gasteiger partial charge in [-0.05, 0) is 40.4 Å². The molecule has 3 heteroatoms. The lowest BCUT2D eigenvalue weighted by molar-refractivity contribution is 0.566. The van der Waals surface area contributed by atoms with Gasteiger partial charge in [-0.25, -0.2) is 0 Å². The van der Waals surface area contributed by atoms with Gasteiger partial charge in [0, 0.05) is 27.2 Å². The van der Waals surface area contributed by atoms with Crippen molar-refractivity contribution in [3.8, 4) is 0 Å². The van der Waals surface area contributed by atoms with Crippen molar-refractivity contribution < 1.29 is 0 Å². The van der Waals surface area contributed by atoms with Gasteiger partial charge in [-0.3, -0.25) is 0 Å². The Balaban J connectivity index is 2.09. The number of rotatable bonds is 0. The van der Waals surface area contributed by atoms with Gasteiger partial charge in [-0.15, -0.1) is 11.3 Å². The van der Waals surface area contributed by atoms with E-state index in [4.69, 9.17) is 0 Å². The zero-order valence-electron chi connectivity index (χ0n) is 6.64. The van der Waals surface area contributed by atoms with E-state index >= 15 is 0 Å². The minimum Gasteiger partial charge on any atom is -0.316 e. The first-order valence-electron chi connectivity index (χ1n) is 4.32. The Labute approximate surface area is 84.3 Å². The molecule has 0 spiro atoms. The van der Waals surface area contributed by atoms with Gasteiger partial charge in [0.25, 0.3) is 0 Å². The first-order valence-corrected chi connectivity index (χ1v) is 6.00. The van der Waals surface area contributed by atoms with E-state index in [9.17, 15) is 0 Å². The molecule has 64 valence electrons. The van der Waals surface area contributed by atoms with Crippen LogP contribution in [0.25, 0.3) is 0 Å². The van der Waals surface area contributed by atoms with Crippen LogP contribution in [0.15, 0.2) is 9.85 Å². The predicted octanol–water partition coefficient (Wildman–Crippen LogP) is 2.37. The Hall–Kier alpha value is 0.140. The summed E-state index contributed by atoms with van der Waals surface area (Å²) < 4.78 is 1.34. The number of halogens is 1. The largest absolute Gasteiger partial charge is 0.316 e. The average Bonchev–Trinajstić information content (AvgIpc) is 2.63. The van der Waals surface area contributed by atoms with Crippen molar-refractivity contribution in [2.24, 2.45) is 5.92 Å². The van der Waals surface area contributed by atoms with Gasteiger partial charge < -0.3 is 5.32 Å². The molecule has 0 bridgehead atoms. The number of thiophene rings is 1. The lowest BCUT2D eigenvalue weighted by Crippen LogP contribution is -2.10. The monoisotopic (exact) mass is 243 g/mol. The van der Waals surface area contributed by atoms with E-state index in [1.54, 1.807) is 10.4 Å². The van der Waals surface area contributed by atoms with Crippen molar-refractivity contribution >= 4 is 27.3 Å². The average molecular weight is 244 g/mol. The lowest BCUT2D eigenvalue weighted by Gasteiger charge is -2.05. The maximum Gasteiger partial charge on any atom is 0.0317 e. The summed E-state index contributed by atoms with van der Waals surface area (Å²) in [4.78, 5) is 1.64. The van der Waals surface area contributed by atoms with Crippen LogP contribution in [0, 0.1) is 5.92 Å². The molecule has 3 rings (SSSR count). The Bertz CT molecular complexity index is 320. The van der Waals surface area contributed by atoms with Gasteiger partial charge in [0.15, 0.2) is 0 Å². The molecule has 1 aliphatic carbocycles. The third-order valence-electron chi connectivity index (χ3n) is 3.02. The van der Waals surface area contributed by atoms with Crippen LogP contribution in [-0.2, 0) is 6.42 Å². The van der Waals surface area contributed by atoms with Gasteiger partial charge in [0.05, 0.1) is 0 Å². The smallest absolute Gasteiger partial charge is 0.0317 e. The topological polar surface area (TPSA) is 12.0 Å². The van der Waals surface area contributed by atoms with Crippen LogP contribution >= 0.6 is 27.3 Å². The minimum atomic E-state index is 0.830. The summed E-state index contributed by atoms with van der Waals surface area (Å²) in [6.45, 7) is 2.42. The van der Waals surface area contributed by atoms with Crippen LogP contribution in [0.5, 0.6) is 0 Å². The highest BCUT2D eigenvalue weighted by molar-refractivity contribution is 9.10. The zero-order chi connectivity index (χ0) is 8.13. The fourth-order valence-electron chi connectivity index (χ4n) is 2.40. The van der Waals surface area contributed by atoms with Crippen LogP contribution in [0.2, 0.25) is 0 Å². The molecule has 1 aromatic rings. The molecule has 0 amide bonds. The number of fused-ring (bicyclic) bond motifs is 3. The molecule has 0 radical (unpaired) electrons. The van der Waals surface area contributed by atoms with Gasteiger partial charge in [-0.1, -0.05) is 0 Å². The number of hydrogen-bond acceptors (Lipinski definition) is 2. The first kappa shape index (κ1) is 7.54. The Kier molecular flexibility index (Phi) is 1.61. The molecule has 1 aliphatic heterocycles. The second kappa shape index (κ2) is 2.56. The third kappa shape index (κ3) is 0.874. The zero-order valence-corrected chi connectivity index (χ0v) is 9.04. The maximum absolute atomic E-state index is 3.62. The van der Waals surface area contributed by atoms with E-state index in [1.165, 1.54) is 24.0 Å². The van der Waals surface area contributed by atoms with E-state index in [0.29, 0.717) is 0 Å². The molecule has 1 saturated heterocycles. The highest BCUT2D eigenvalue weighted by Crippen LogP contribution is 2.46. The molecule has 1 N–H and O–H groups in total. The van der Waals surface area contributed by atoms with Gasteiger partial charge in [-0.2, -0.15) is 0 Å². The second-order valence-corrected chi connectivity index (χ2v) is 5.42. The fourth-order valence-corrected chi connectivity index (χ4v) is 4.35. The molecule has 0 aromatic carbocycles. The molecule has 2 atom stereocenters. The van der Waals surface area contributed by atoms with Crippen LogP contribution in [0.3, 0.4) is 0 Å². The molecule has 2 unspecified atom stereocenters. The lowest BCUT2D eigenvalue weighted by atomic mass is 10.0. The second-order valence-electron chi connectivity index (χ2n) is 3.66. The maximum atomic E-state index is 3.62. The molecule has 0 saturated carbocycles. The summed E-state index contributed by atoms with van der Waals surface area (Å²) in [6, 6.07) is 0. The van der Waals surface area contributed by atoms with Crippen molar-refractivity contribution in [2.75, 3.05) is 13.1 Å². The summed E-state index contributed by atoms with van der Waals surface area (Å²) >= 11 is 5.54. The molecule has 12 heavy (non-hydrogen) atoms. The van der Waals surface area contributed by atoms with Crippen LogP contribution < -0.4 is 5.32 Å². The van der Waals surface area contributed by atoms with Crippen LogP contribution in [0.1, 0.15) is 16.4 Å². The molecular formula is C9H10BrNS. The van der Waals surface area contributed by atoms with Gasteiger partial charge >= 0.3 is 0 Å². The summed E-state index contributed by atoms with van der Waals surface area (Å²) in [5.74, 6) is 1.72. The van der Waals surface area contributed by atoms with Gasteiger partial charge in [0.2, 0.25) is 0 Å². The Morgan fingerprint density at radius 1 is 1.50 bits per heavy atom. The van der Waals surface area contributed by atoms with E-state index in [1.807, 2.05) is 11.3 Å². The molecule has 1 fully saturated rings. The highest BCUT2D eigenvalue weighted by Gasteiger charge is 2.37. The summed E-state index contributed by atoms with van der Waals surface area (Å²) in [5, 5.41) is 5.70. The standard InChI is InChI=1S/C9H10BrNS/c10-8-4-12-9-6(8)1-5-2-11-3-7(5)9/h4-5,7,11H,1-3H2. The molecule has 2 heterocycles. The summed E-state index contributed by atoms with van der Waals surface area (Å²) in [5.41, 5.74) is 1.59. The molecular weight excluding hydrogens is 234 g/mol. The normalized spacial score (nSPS) is 32.1. The van der Waals surface area contributed by atoms with E-state index in [2.05, 4.69) is 26.6 Å². The quantitative estimate of drug-likeness (QED) is 0.738. The van der Waals surface area contributed by atoms with Crippen molar-refractivity contribution in [1.82, 2.24) is 5.32 Å². The van der Waals surface area contributed by atoms with E-state index in [0.717, 1.165) is 11.8 Å². The highest BCUT2D eigenvalue weighted by atomic mass is 79.9. The van der Waals surface area contributed by atoms with Crippen molar-refractivity contribution in [1.29, 1.82) is 0 Å². The van der Waals surface area contributed by atoms with Crippen molar-refractivity contribution in [3.05, 3.63) is 20.3 Å². The van der Waals surface area contributed by atoms with E-state index < -0.39 is 0 Å². The van der Waals surface area contributed by atoms with Gasteiger partial charge in [0.1, 0.15) is 0 Å². The molecule has 2 aliphatic rings. The van der Waals surface area contributed by atoms with E-state index in [-0.39, 0.29) is 0 Å². The first-order chi connectivity index (χ1) is 5.86. The summed E-state index contributed by atoms with van der Waals surface area (Å²) in [6.07, 6.45) is 1.29. The Morgan fingerprint density at radius 2 is 2.42 bits per heavy atom. The van der Waals surface area contributed by atoms with Crippen LogP contribution in [-0.4, -0.2) is 13.1 Å². The van der Waals surface area contributed by atoms with Crippen molar-refractivity contribution in [2.45, 2.75) is 12.3 Å². The minimum absolute atomic E-state index is 0.830. The molecule has 1 nitrogen and oxygen atoms in total. The number of hydrogen-bond donors (Lipinski definition) is 1. The number of nitrogens with one attached hydrogen (secondary N) is 1. The van der Waals surface area contributed by atoms with Crippen LogP contribution in [0.4, 0.5) is 0 Å². The Morgan fingerprint density at radius 3 is 3.33 bits per heavy atom.